The maximum absolute atomic E-state index is 11.6. The van der Waals surface area contributed by atoms with E-state index >= 15 is 0 Å². The van der Waals surface area contributed by atoms with E-state index in [1.165, 1.54) is 25.7 Å². The highest BCUT2D eigenvalue weighted by molar-refractivity contribution is 5.75. The zero-order valence-electron chi connectivity index (χ0n) is 12.5. The third-order valence-corrected chi connectivity index (χ3v) is 3.89. The Morgan fingerprint density at radius 1 is 1.32 bits per heavy atom. The van der Waals surface area contributed by atoms with Crippen LogP contribution in [0.1, 0.15) is 51.9 Å². The molecule has 0 aromatic rings. The van der Waals surface area contributed by atoms with Gasteiger partial charge in [0.1, 0.15) is 0 Å². The van der Waals surface area contributed by atoms with Crippen molar-refractivity contribution < 1.29 is 9.53 Å². The first-order chi connectivity index (χ1) is 9.27. The third kappa shape index (κ3) is 6.92. The van der Waals surface area contributed by atoms with Crippen LogP contribution in [0.5, 0.6) is 0 Å². The summed E-state index contributed by atoms with van der Waals surface area (Å²) in [5, 5.41) is 6.06. The molecular weight excluding hydrogens is 240 g/mol. The summed E-state index contributed by atoms with van der Waals surface area (Å²) in [6, 6.07) is 0. The van der Waals surface area contributed by atoms with Gasteiger partial charge in [-0.3, -0.25) is 4.79 Å². The fourth-order valence-corrected chi connectivity index (χ4v) is 2.87. The molecule has 0 heterocycles. The van der Waals surface area contributed by atoms with Crippen molar-refractivity contribution >= 4 is 5.91 Å². The molecular formula is C15H30N2O2. The second kappa shape index (κ2) is 10.2. The van der Waals surface area contributed by atoms with E-state index in [0.717, 1.165) is 32.5 Å². The largest absolute Gasteiger partial charge is 0.378 e. The molecule has 1 aliphatic carbocycles. The lowest BCUT2D eigenvalue weighted by Crippen LogP contribution is -2.31. The van der Waals surface area contributed by atoms with Crippen molar-refractivity contribution in [3.8, 4) is 0 Å². The molecule has 0 aliphatic heterocycles. The number of ether oxygens (including phenoxy) is 1. The highest BCUT2D eigenvalue weighted by Crippen LogP contribution is 2.30. The molecule has 1 rings (SSSR count). The predicted octanol–water partition coefficient (Wildman–Crippen LogP) is 2.09. The van der Waals surface area contributed by atoms with Gasteiger partial charge in [-0.2, -0.15) is 0 Å². The highest BCUT2D eigenvalue weighted by atomic mass is 16.5. The van der Waals surface area contributed by atoms with Crippen molar-refractivity contribution in [3.63, 3.8) is 0 Å². The van der Waals surface area contributed by atoms with Gasteiger partial charge in [0.05, 0.1) is 6.10 Å². The van der Waals surface area contributed by atoms with Crippen LogP contribution in [0.3, 0.4) is 0 Å². The van der Waals surface area contributed by atoms with Crippen LogP contribution in [0.25, 0.3) is 0 Å². The Hall–Kier alpha value is -0.610. The molecule has 1 aliphatic rings. The zero-order chi connectivity index (χ0) is 13.9. The lowest BCUT2D eigenvalue weighted by molar-refractivity contribution is -0.121. The van der Waals surface area contributed by atoms with Gasteiger partial charge >= 0.3 is 0 Å². The minimum atomic E-state index is 0.164. The van der Waals surface area contributed by atoms with Gasteiger partial charge in [-0.05, 0) is 52.1 Å². The number of hydrogen-bond donors (Lipinski definition) is 2. The predicted molar refractivity (Wildman–Crippen MR) is 78.2 cm³/mol. The topological polar surface area (TPSA) is 50.4 Å². The van der Waals surface area contributed by atoms with Gasteiger partial charge in [0.2, 0.25) is 5.91 Å². The molecule has 1 saturated carbocycles. The molecule has 4 nitrogen and oxygen atoms in total. The van der Waals surface area contributed by atoms with Crippen molar-refractivity contribution in [1.82, 2.24) is 10.6 Å². The zero-order valence-corrected chi connectivity index (χ0v) is 12.5. The second-order valence-electron chi connectivity index (χ2n) is 5.38. The highest BCUT2D eigenvalue weighted by Gasteiger charge is 2.25. The van der Waals surface area contributed by atoms with Crippen LogP contribution in [0.2, 0.25) is 0 Å². The van der Waals surface area contributed by atoms with Crippen molar-refractivity contribution in [1.29, 1.82) is 0 Å². The first-order valence-corrected chi connectivity index (χ1v) is 7.80. The minimum Gasteiger partial charge on any atom is -0.378 e. The van der Waals surface area contributed by atoms with Crippen molar-refractivity contribution in [2.45, 2.75) is 58.0 Å². The molecule has 0 bridgehead atoms. The van der Waals surface area contributed by atoms with Gasteiger partial charge in [0.25, 0.3) is 0 Å². The number of amides is 1. The van der Waals surface area contributed by atoms with E-state index in [9.17, 15) is 4.79 Å². The summed E-state index contributed by atoms with van der Waals surface area (Å²) in [7, 11) is 1.91. The Kier molecular flexibility index (Phi) is 8.84. The van der Waals surface area contributed by atoms with Crippen molar-refractivity contribution in [2.75, 3.05) is 26.7 Å². The van der Waals surface area contributed by atoms with Crippen molar-refractivity contribution in [2.24, 2.45) is 5.92 Å². The third-order valence-electron chi connectivity index (χ3n) is 3.89. The van der Waals surface area contributed by atoms with Crippen LogP contribution in [-0.4, -0.2) is 38.8 Å². The number of carbonyl (C=O) groups excluding carboxylic acids is 1. The van der Waals surface area contributed by atoms with Gasteiger partial charge in [0.15, 0.2) is 0 Å². The molecule has 1 fully saturated rings. The maximum atomic E-state index is 11.6. The molecule has 0 saturated heterocycles. The molecule has 1 unspecified atom stereocenters. The molecule has 0 aromatic carbocycles. The summed E-state index contributed by atoms with van der Waals surface area (Å²) in [6.07, 6.45) is 8.07. The molecule has 0 aromatic heterocycles. The standard InChI is InChI=1S/C15H30N2O2/c1-3-19-14(13-7-4-5-8-13)10-12-17-15(18)9-6-11-16-2/h13-14,16H,3-12H2,1-2H3,(H,17,18). The van der Waals surface area contributed by atoms with Crippen LogP contribution in [-0.2, 0) is 9.53 Å². The van der Waals surface area contributed by atoms with E-state index in [4.69, 9.17) is 4.74 Å². The Bertz CT molecular complexity index is 240. The van der Waals surface area contributed by atoms with Gasteiger partial charge in [0, 0.05) is 19.6 Å². The SMILES string of the molecule is CCOC(CCNC(=O)CCCNC)C1CCCC1. The van der Waals surface area contributed by atoms with E-state index in [1.807, 2.05) is 7.05 Å². The normalized spacial score (nSPS) is 17.6. The molecule has 112 valence electrons. The molecule has 19 heavy (non-hydrogen) atoms. The van der Waals surface area contributed by atoms with Crippen molar-refractivity contribution in [3.05, 3.63) is 0 Å². The molecule has 1 atom stereocenters. The summed E-state index contributed by atoms with van der Waals surface area (Å²) >= 11 is 0. The average molecular weight is 270 g/mol. The first kappa shape index (κ1) is 16.4. The summed E-state index contributed by atoms with van der Waals surface area (Å²) < 4.78 is 5.84. The van der Waals surface area contributed by atoms with Gasteiger partial charge in [-0.15, -0.1) is 0 Å². The monoisotopic (exact) mass is 270 g/mol. The molecule has 0 spiro atoms. The van der Waals surface area contributed by atoms with Crippen LogP contribution in [0.15, 0.2) is 0 Å². The summed E-state index contributed by atoms with van der Waals surface area (Å²) in [5.74, 6) is 0.873. The summed E-state index contributed by atoms with van der Waals surface area (Å²) in [4.78, 5) is 11.6. The lowest BCUT2D eigenvalue weighted by atomic mass is 9.98. The summed E-state index contributed by atoms with van der Waals surface area (Å²) in [5.41, 5.74) is 0. The van der Waals surface area contributed by atoms with E-state index in [-0.39, 0.29) is 5.91 Å². The fraction of sp³-hybridized carbons (Fsp3) is 0.933. The Labute approximate surface area is 117 Å². The Balaban J connectivity index is 2.14. The van der Waals surface area contributed by atoms with Crippen LogP contribution in [0, 0.1) is 5.92 Å². The van der Waals surface area contributed by atoms with Crippen LogP contribution >= 0.6 is 0 Å². The minimum absolute atomic E-state index is 0.164. The molecule has 0 radical (unpaired) electrons. The smallest absolute Gasteiger partial charge is 0.220 e. The quantitative estimate of drug-likeness (QED) is 0.598. The van der Waals surface area contributed by atoms with Gasteiger partial charge < -0.3 is 15.4 Å². The molecule has 1 amide bonds. The molecule has 4 heteroatoms. The van der Waals surface area contributed by atoms with Crippen LogP contribution in [0.4, 0.5) is 0 Å². The van der Waals surface area contributed by atoms with Crippen LogP contribution < -0.4 is 10.6 Å². The second-order valence-corrected chi connectivity index (χ2v) is 5.38. The summed E-state index contributed by atoms with van der Waals surface area (Å²) in [6.45, 7) is 4.48. The van der Waals surface area contributed by atoms with Gasteiger partial charge in [-0.25, -0.2) is 0 Å². The number of carbonyl (C=O) groups is 1. The maximum Gasteiger partial charge on any atom is 0.220 e. The lowest BCUT2D eigenvalue weighted by Gasteiger charge is -2.23. The average Bonchev–Trinajstić information content (AvgIpc) is 2.92. The Morgan fingerprint density at radius 2 is 2.05 bits per heavy atom. The Morgan fingerprint density at radius 3 is 2.68 bits per heavy atom. The van der Waals surface area contributed by atoms with Gasteiger partial charge in [-0.1, -0.05) is 12.8 Å². The molecule has 2 N–H and O–H groups in total. The number of nitrogens with one attached hydrogen (secondary N) is 2. The number of hydrogen-bond acceptors (Lipinski definition) is 3. The van der Waals surface area contributed by atoms with E-state index < -0.39 is 0 Å². The van der Waals surface area contributed by atoms with E-state index in [2.05, 4.69) is 17.6 Å². The number of rotatable bonds is 10. The fourth-order valence-electron chi connectivity index (χ4n) is 2.87. The van der Waals surface area contributed by atoms with E-state index in [1.54, 1.807) is 0 Å². The van der Waals surface area contributed by atoms with E-state index in [0.29, 0.717) is 18.4 Å². The first-order valence-electron chi connectivity index (χ1n) is 7.80.